The summed E-state index contributed by atoms with van der Waals surface area (Å²) in [5, 5.41) is 3.37. The molecule has 94 valence electrons. The number of hydrogen-bond acceptors (Lipinski definition) is 2. The van der Waals surface area contributed by atoms with E-state index >= 15 is 0 Å². The maximum Gasteiger partial charge on any atom is 0.121 e. The van der Waals surface area contributed by atoms with Crippen LogP contribution in [0.3, 0.4) is 0 Å². The fourth-order valence-corrected chi connectivity index (χ4v) is 2.06. The lowest BCUT2D eigenvalue weighted by Gasteiger charge is -2.17. The van der Waals surface area contributed by atoms with E-state index in [0.717, 1.165) is 18.6 Å². The highest BCUT2D eigenvalue weighted by atomic mass is 16.5. The smallest absolute Gasteiger partial charge is 0.121 e. The molecule has 0 aliphatic carbocycles. The fraction of sp³-hybridized carbons (Fsp3) is 0.467. The summed E-state index contributed by atoms with van der Waals surface area (Å²) < 4.78 is 5.28. The average Bonchev–Trinajstić information content (AvgIpc) is 2.35. The Morgan fingerprint density at radius 2 is 2.24 bits per heavy atom. The summed E-state index contributed by atoms with van der Waals surface area (Å²) >= 11 is 0. The van der Waals surface area contributed by atoms with Crippen LogP contribution in [0.1, 0.15) is 36.4 Å². The number of nitrogens with one attached hydrogen (secondary N) is 1. The molecule has 0 aromatic heterocycles. The molecule has 0 fully saturated rings. The van der Waals surface area contributed by atoms with Crippen molar-refractivity contribution in [2.24, 2.45) is 0 Å². The minimum Gasteiger partial charge on any atom is -0.496 e. The van der Waals surface area contributed by atoms with Crippen molar-refractivity contribution in [2.75, 3.05) is 14.2 Å². The van der Waals surface area contributed by atoms with Crippen LogP contribution in [0.4, 0.5) is 0 Å². The van der Waals surface area contributed by atoms with Gasteiger partial charge in [-0.1, -0.05) is 18.2 Å². The molecule has 1 N–H and O–H groups in total. The zero-order valence-corrected chi connectivity index (χ0v) is 11.1. The van der Waals surface area contributed by atoms with Crippen molar-refractivity contribution in [1.29, 1.82) is 0 Å². The summed E-state index contributed by atoms with van der Waals surface area (Å²) in [6, 6.07) is 6.80. The van der Waals surface area contributed by atoms with E-state index in [4.69, 9.17) is 4.74 Å². The van der Waals surface area contributed by atoms with E-state index in [2.05, 4.69) is 31.0 Å². The van der Waals surface area contributed by atoms with Crippen molar-refractivity contribution in [3.05, 3.63) is 42.0 Å². The third-order valence-electron chi connectivity index (χ3n) is 3.07. The normalized spacial score (nSPS) is 12.2. The van der Waals surface area contributed by atoms with Gasteiger partial charge in [0, 0.05) is 6.04 Å². The van der Waals surface area contributed by atoms with Crippen molar-refractivity contribution < 1.29 is 4.74 Å². The van der Waals surface area contributed by atoms with Crippen LogP contribution in [0.25, 0.3) is 0 Å². The first kappa shape index (κ1) is 13.8. The molecule has 0 saturated heterocycles. The second-order valence-electron chi connectivity index (χ2n) is 4.29. The largest absolute Gasteiger partial charge is 0.496 e. The minimum absolute atomic E-state index is 0.416. The van der Waals surface area contributed by atoms with Crippen molar-refractivity contribution in [1.82, 2.24) is 5.32 Å². The first-order chi connectivity index (χ1) is 8.22. The Labute approximate surface area is 105 Å². The number of aryl methyl sites for hydroxylation is 1. The molecular weight excluding hydrogens is 210 g/mol. The highest BCUT2D eigenvalue weighted by Gasteiger charge is 2.10. The quantitative estimate of drug-likeness (QED) is 0.573. The molecule has 0 heterocycles. The molecule has 1 rings (SSSR count). The van der Waals surface area contributed by atoms with Crippen molar-refractivity contribution in [2.45, 2.75) is 32.2 Å². The number of allylic oxidation sites excluding steroid dienone is 1. The van der Waals surface area contributed by atoms with E-state index in [9.17, 15) is 0 Å². The molecule has 0 aliphatic heterocycles. The maximum absolute atomic E-state index is 5.28. The number of benzene rings is 1. The van der Waals surface area contributed by atoms with Crippen LogP contribution in [-0.2, 0) is 0 Å². The van der Waals surface area contributed by atoms with Crippen LogP contribution in [0.5, 0.6) is 5.75 Å². The van der Waals surface area contributed by atoms with Gasteiger partial charge in [-0.3, -0.25) is 0 Å². The van der Waals surface area contributed by atoms with Crippen molar-refractivity contribution in [3.8, 4) is 5.75 Å². The Kier molecular flexibility index (Phi) is 5.78. The Bertz CT molecular complexity index is 360. The number of unbranched alkanes of at least 4 members (excludes halogenated alkanes) is 1. The molecule has 0 spiro atoms. The van der Waals surface area contributed by atoms with E-state index in [1.165, 1.54) is 17.5 Å². The first-order valence-corrected chi connectivity index (χ1v) is 6.15. The lowest BCUT2D eigenvalue weighted by molar-refractivity contribution is 0.411. The van der Waals surface area contributed by atoms with Gasteiger partial charge in [-0.05, 0) is 50.4 Å². The summed E-state index contributed by atoms with van der Waals surface area (Å²) in [5.41, 5.74) is 2.52. The van der Waals surface area contributed by atoms with Crippen molar-refractivity contribution in [3.63, 3.8) is 0 Å². The highest BCUT2D eigenvalue weighted by molar-refractivity contribution is 5.37. The highest BCUT2D eigenvalue weighted by Crippen LogP contribution is 2.25. The molecule has 17 heavy (non-hydrogen) atoms. The summed E-state index contributed by atoms with van der Waals surface area (Å²) in [7, 11) is 3.72. The number of methoxy groups -OCH3 is 1. The zero-order chi connectivity index (χ0) is 12.7. The molecule has 1 atom stereocenters. The monoisotopic (exact) mass is 233 g/mol. The molecule has 1 aromatic carbocycles. The zero-order valence-electron chi connectivity index (χ0n) is 11.1. The van der Waals surface area contributed by atoms with Crippen molar-refractivity contribution >= 4 is 0 Å². The van der Waals surface area contributed by atoms with E-state index in [1.54, 1.807) is 7.11 Å². The summed E-state index contributed by atoms with van der Waals surface area (Å²) in [4.78, 5) is 0. The van der Waals surface area contributed by atoms with Crippen LogP contribution in [-0.4, -0.2) is 14.2 Å². The number of rotatable bonds is 7. The number of ether oxygens (including phenoxy) is 1. The Morgan fingerprint density at radius 1 is 1.47 bits per heavy atom. The van der Waals surface area contributed by atoms with Gasteiger partial charge in [0.05, 0.1) is 7.11 Å². The predicted molar refractivity (Wildman–Crippen MR) is 73.6 cm³/mol. The molecule has 0 amide bonds. The van der Waals surface area contributed by atoms with Gasteiger partial charge in [0.25, 0.3) is 0 Å². The maximum atomic E-state index is 5.28. The molecule has 1 aromatic rings. The van der Waals surface area contributed by atoms with E-state index in [1.807, 2.05) is 19.2 Å². The standard InChI is InChI=1S/C15H23NO/c1-5-6-7-8-14(16-3)13-9-10-15(17-4)12(2)11-13/h5,9-11,14,16H,1,6-8H2,2-4H3. The second kappa shape index (κ2) is 7.13. The third kappa shape index (κ3) is 3.90. The van der Waals surface area contributed by atoms with Gasteiger partial charge in [-0.2, -0.15) is 0 Å². The molecular formula is C15H23NO. The molecule has 2 heteroatoms. The first-order valence-electron chi connectivity index (χ1n) is 6.15. The summed E-state index contributed by atoms with van der Waals surface area (Å²) in [6.07, 6.45) is 5.35. The van der Waals surface area contributed by atoms with Gasteiger partial charge in [0.1, 0.15) is 5.75 Å². The Hall–Kier alpha value is -1.28. The van der Waals surface area contributed by atoms with Crippen LogP contribution in [0.2, 0.25) is 0 Å². The summed E-state index contributed by atoms with van der Waals surface area (Å²) in [5.74, 6) is 0.953. The summed E-state index contributed by atoms with van der Waals surface area (Å²) in [6.45, 7) is 5.84. The average molecular weight is 233 g/mol. The molecule has 1 unspecified atom stereocenters. The Balaban J connectivity index is 2.74. The second-order valence-corrected chi connectivity index (χ2v) is 4.29. The van der Waals surface area contributed by atoms with Gasteiger partial charge in [-0.15, -0.1) is 6.58 Å². The number of hydrogen-bond donors (Lipinski definition) is 1. The van der Waals surface area contributed by atoms with Gasteiger partial charge in [0.2, 0.25) is 0 Å². The van der Waals surface area contributed by atoms with Crippen LogP contribution >= 0.6 is 0 Å². The van der Waals surface area contributed by atoms with Gasteiger partial charge in [-0.25, -0.2) is 0 Å². The van der Waals surface area contributed by atoms with Crippen LogP contribution in [0.15, 0.2) is 30.9 Å². The fourth-order valence-electron chi connectivity index (χ4n) is 2.06. The minimum atomic E-state index is 0.416. The molecule has 0 radical (unpaired) electrons. The third-order valence-corrected chi connectivity index (χ3v) is 3.07. The lowest BCUT2D eigenvalue weighted by Crippen LogP contribution is -2.16. The van der Waals surface area contributed by atoms with Crippen LogP contribution in [0, 0.1) is 6.92 Å². The molecule has 0 saturated carbocycles. The SMILES string of the molecule is C=CCCCC(NC)c1ccc(OC)c(C)c1. The lowest BCUT2D eigenvalue weighted by atomic mass is 9.99. The Morgan fingerprint density at radius 3 is 2.76 bits per heavy atom. The van der Waals surface area contributed by atoms with E-state index < -0.39 is 0 Å². The predicted octanol–water partition coefficient (Wildman–Crippen LogP) is 3.62. The van der Waals surface area contributed by atoms with Crippen LogP contribution < -0.4 is 10.1 Å². The van der Waals surface area contributed by atoms with Gasteiger partial charge < -0.3 is 10.1 Å². The van der Waals surface area contributed by atoms with Gasteiger partial charge in [0.15, 0.2) is 0 Å². The molecule has 0 bridgehead atoms. The van der Waals surface area contributed by atoms with Gasteiger partial charge >= 0.3 is 0 Å². The topological polar surface area (TPSA) is 21.3 Å². The molecule has 2 nitrogen and oxygen atoms in total. The molecule has 0 aliphatic rings. The van der Waals surface area contributed by atoms with E-state index in [0.29, 0.717) is 6.04 Å². The van der Waals surface area contributed by atoms with E-state index in [-0.39, 0.29) is 0 Å².